The Kier molecular flexibility index (Phi) is 4.98. The van der Waals surface area contributed by atoms with Gasteiger partial charge in [0.1, 0.15) is 5.82 Å². The van der Waals surface area contributed by atoms with Crippen LogP contribution in [0.2, 0.25) is 0 Å². The summed E-state index contributed by atoms with van der Waals surface area (Å²) < 4.78 is 38.0. The van der Waals surface area contributed by atoms with E-state index in [0.717, 1.165) is 0 Å². The van der Waals surface area contributed by atoms with Gasteiger partial charge in [0.05, 0.1) is 17.1 Å². The van der Waals surface area contributed by atoms with E-state index in [4.69, 9.17) is 0 Å². The number of aliphatic hydroxyl groups excluding tert-OH is 1. The first-order chi connectivity index (χ1) is 10.3. The van der Waals surface area contributed by atoms with Gasteiger partial charge in [-0.15, -0.1) is 0 Å². The first kappa shape index (κ1) is 16.6. The van der Waals surface area contributed by atoms with Crippen LogP contribution in [0.3, 0.4) is 0 Å². The van der Waals surface area contributed by atoms with Crippen LogP contribution >= 0.6 is 0 Å². The fourth-order valence-corrected chi connectivity index (χ4v) is 3.88. The quantitative estimate of drug-likeness (QED) is 0.918. The molecule has 0 amide bonds. The second-order valence-corrected chi connectivity index (χ2v) is 7.77. The lowest BCUT2D eigenvalue weighted by atomic mass is 10.0. The standard InChI is InChI=1S/C17H19FO3S/c1-12-10-15(18)8-9-16(12)17(19)11-22(20,21)13(2)14-6-4-3-5-7-14/h3-10,13,17,19H,11H2,1-2H3. The Labute approximate surface area is 130 Å². The Morgan fingerprint density at radius 1 is 1.14 bits per heavy atom. The van der Waals surface area contributed by atoms with Gasteiger partial charge in [0, 0.05) is 0 Å². The minimum absolute atomic E-state index is 0.393. The normalized spacial score (nSPS) is 14.5. The van der Waals surface area contributed by atoms with E-state index in [9.17, 15) is 17.9 Å². The van der Waals surface area contributed by atoms with Crippen LogP contribution in [0.15, 0.2) is 48.5 Å². The molecule has 2 aromatic carbocycles. The first-order valence-corrected chi connectivity index (χ1v) is 8.73. The predicted molar refractivity (Wildman–Crippen MR) is 84.7 cm³/mol. The van der Waals surface area contributed by atoms with E-state index in [1.807, 2.05) is 6.07 Å². The second-order valence-electron chi connectivity index (χ2n) is 5.40. The molecule has 0 heterocycles. The van der Waals surface area contributed by atoms with E-state index in [0.29, 0.717) is 16.7 Å². The molecule has 2 atom stereocenters. The van der Waals surface area contributed by atoms with Gasteiger partial charge in [-0.3, -0.25) is 0 Å². The zero-order chi connectivity index (χ0) is 16.3. The molecule has 0 aliphatic heterocycles. The third kappa shape index (κ3) is 3.72. The lowest BCUT2D eigenvalue weighted by Crippen LogP contribution is -2.20. The topological polar surface area (TPSA) is 54.4 Å². The van der Waals surface area contributed by atoms with E-state index in [-0.39, 0.29) is 0 Å². The largest absolute Gasteiger partial charge is 0.387 e. The molecular weight excluding hydrogens is 303 g/mol. The molecule has 0 saturated heterocycles. The molecule has 0 fully saturated rings. The lowest BCUT2D eigenvalue weighted by Gasteiger charge is -2.18. The Morgan fingerprint density at radius 3 is 2.36 bits per heavy atom. The number of hydrogen-bond donors (Lipinski definition) is 1. The van der Waals surface area contributed by atoms with Gasteiger partial charge in [-0.1, -0.05) is 36.4 Å². The molecule has 2 aromatic rings. The molecule has 0 aliphatic rings. The molecule has 0 aromatic heterocycles. The number of rotatable bonds is 5. The summed E-state index contributed by atoms with van der Waals surface area (Å²) in [7, 11) is -3.53. The molecule has 2 unspecified atom stereocenters. The monoisotopic (exact) mass is 322 g/mol. The number of halogens is 1. The minimum Gasteiger partial charge on any atom is -0.387 e. The molecule has 0 bridgehead atoms. The van der Waals surface area contributed by atoms with E-state index in [1.54, 1.807) is 38.1 Å². The van der Waals surface area contributed by atoms with Crippen LogP contribution in [0.5, 0.6) is 0 Å². The fourth-order valence-electron chi connectivity index (χ4n) is 2.40. The highest BCUT2D eigenvalue weighted by molar-refractivity contribution is 7.91. The third-order valence-electron chi connectivity index (χ3n) is 3.79. The molecule has 0 aliphatic carbocycles. The summed E-state index contributed by atoms with van der Waals surface area (Å²) in [5.41, 5.74) is 1.66. The molecule has 22 heavy (non-hydrogen) atoms. The van der Waals surface area contributed by atoms with Crippen LogP contribution in [0, 0.1) is 12.7 Å². The summed E-state index contributed by atoms with van der Waals surface area (Å²) >= 11 is 0. The highest BCUT2D eigenvalue weighted by Gasteiger charge is 2.27. The maximum Gasteiger partial charge on any atom is 0.159 e. The smallest absolute Gasteiger partial charge is 0.159 e. The molecule has 2 rings (SSSR count). The zero-order valence-electron chi connectivity index (χ0n) is 12.5. The molecular formula is C17H19FO3S. The summed E-state index contributed by atoms with van der Waals surface area (Å²) in [6.07, 6.45) is -1.17. The van der Waals surface area contributed by atoms with E-state index >= 15 is 0 Å². The summed E-state index contributed by atoms with van der Waals surface area (Å²) in [4.78, 5) is 0. The van der Waals surface area contributed by atoms with E-state index in [1.165, 1.54) is 18.2 Å². The van der Waals surface area contributed by atoms with Crippen molar-refractivity contribution < 1.29 is 17.9 Å². The van der Waals surface area contributed by atoms with Crippen LogP contribution in [-0.2, 0) is 9.84 Å². The predicted octanol–water partition coefficient (Wildman–Crippen LogP) is 3.34. The lowest BCUT2D eigenvalue weighted by molar-refractivity contribution is 0.200. The second kappa shape index (κ2) is 6.58. The Balaban J connectivity index is 2.21. The van der Waals surface area contributed by atoms with Crippen molar-refractivity contribution in [2.75, 3.05) is 5.75 Å². The average molecular weight is 322 g/mol. The molecule has 118 valence electrons. The van der Waals surface area contributed by atoms with Gasteiger partial charge in [-0.25, -0.2) is 12.8 Å². The molecule has 1 N–H and O–H groups in total. The van der Waals surface area contributed by atoms with E-state index < -0.39 is 32.8 Å². The van der Waals surface area contributed by atoms with Crippen LogP contribution < -0.4 is 0 Å². The minimum atomic E-state index is -3.53. The zero-order valence-corrected chi connectivity index (χ0v) is 13.3. The van der Waals surface area contributed by atoms with Crippen molar-refractivity contribution in [3.05, 3.63) is 71.0 Å². The maximum atomic E-state index is 13.1. The number of hydrogen-bond acceptors (Lipinski definition) is 3. The first-order valence-electron chi connectivity index (χ1n) is 7.02. The summed E-state index contributed by atoms with van der Waals surface area (Å²) in [6, 6.07) is 12.8. The van der Waals surface area contributed by atoms with Crippen LogP contribution in [-0.4, -0.2) is 19.3 Å². The number of aryl methyl sites for hydroxylation is 1. The van der Waals surface area contributed by atoms with Crippen LogP contribution in [0.1, 0.15) is 35.0 Å². The number of aliphatic hydroxyl groups is 1. The number of sulfone groups is 1. The van der Waals surface area contributed by atoms with Gasteiger partial charge in [0.15, 0.2) is 9.84 Å². The highest BCUT2D eigenvalue weighted by atomic mass is 32.2. The molecule has 0 radical (unpaired) electrons. The van der Waals surface area contributed by atoms with Crippen molar-refractivity contribution in [2.24, 2.45) is 0 Å². The Bertz CT molecular complexity index is 742. The maximum absolute atomic E-state index is 13.1. The van der Waals surface area contributed by atoms with Crippen molar-refractivity contribution in [3.63, 3.8) is 0 Å². The van der Waals surface area contributed by atoms with Crippen molar-refractivity contribution in [3.8, 4) is 0 Å². The van der Waals surface area contributed by atoms with Gasteiger partial charge in [-0.2, -0.15) is 0 Å². The average Bonchev–Trinajstić information content (AvgIpc) is 2.46. The molecule has 0 saturated carbocycles. The van der Waals surface area contributed by atoms with Gasteiger partial charge in [-0.05, 0) is 42.7 Å². The Morgan fingerprint density at radius 2 is 1.77 bits per heavy atom. The highest BCUT2D eigenvalue weighted by Crippen LogP contribution is 2.27. The number of benzene rings is 2. The molecule has 5 heteroatoms. The summed E-state index contributed by atoms with van der Waals surface area (Å²) in [5, 5.41) is 9.52. The van der Waals surface area contributed by atoms with Crippen molar-refractivity contribution in [2.45, 2.75) is 25.2 Å². The van der Waals surface area contributed by atoms with Crippen molar-refractivity contribution in [1.29, 1.82) is 0 Å². The summed E-state index contributed by atoms with van der Waals surface area (Å²) in [6.45, 7) is 3.25. The fraction of sp³-hybridized carbons (Fsp3) is 0.294. The van der Waals surface area contributed by atoms with E-state index in [2.05, 4.69) is 0 Å². The van der Waals surface area contributed by atoms with Gasteiger partial charge in [0.2, 0.25) is 0 Å². The van der Waals surface area contributed by atoms with Crippen LogP contribution in [0.4, 0.5) is 4.39 Å². The van der Waals surface area contributed by atoms with Crippen molar-refractivity contribution >= 4 is 9.84 Å². The SMILES string of the molecule is Cc1cc(F)ccc1C(O)CS(=O)(=O)C(C)c1ccccc1. The third-order valence-corrected chi connectivity index (χ3v) is 5.92. The van der Waals surface area contributed by atoms with Gasteiger partial charge >= 0.3 is 0 Å². The molecule has 3 nitrogen and oxygen atoms in total. The van der Waals surface area contributed by atoms with Gasteiger partial charge < -0.3 is 5.11 Å². The van der Waals surface area contributed by atoms with Crippen LogP contribution in [0.25, 0.3) is 0 Å². The Hall–Kier alpha value is -1.72. The van der Waals surface area contributed by atoms with Gasteiger partial charge in [0.25, 0.3) is 0 Å². The van der Waals surface area contributed by atoms with Crippen molar-refractivity contribution in [1.82, 2.24) is 0 Å². The summed E-state index contributed by atoms with van der Waals surface area (Å²) in [5.74, 6) is -0.802. The molecule has 0 spiro atoms.